The van der Waals surface area contributed by atoms with Crippen molar-refractivity contribution < 1.29 is 8.78 Å². The molecule has 0 aliphatic heterocycles. The lowest BCUT2D eigenvalue weighted by atomic mass is 10.0. The average Bonchev–Trinajstić information content (AvgIpc) is 2.69. The molecule has 0 radical (unpaired) electrons. The molecule has 2 aromatic rings. The monoisotopic (exact) mass is 346 g/mol. The zero-order valence-electron chi connectivity index (χ0n) is 10.2. The van der Waals surface area contributed by atoms with E-state index in [9.17, 15) is 8.78 Å². The van der Waals surface area contributed by atoms with Crippen LogP contribution in [-0.4, -0.2) is 0 Å². The second-order valence-corrected chi connectivity index (χ2v) is 6.63. The van der Waals surface area contributed by atoms with E-state index in [4.69, 9.17) is 5.84 Å². The Balaban J connectivity index is 2.29. The molecule has 1 aromatic heterocycles. The Bertz CT molecular complexity index is 546. The van der Waals surface area contributed by atoms with E-state index in [1.54, 1.807) is 0 Å². The van der Waals surface area contributed by atoms with Crippen LogP contribution in [0, 0.1) is 18.6 Å². The first-order valence-electron chi connectivity index (χ1n) is 5.67. The van der Waals surface area contributed by atoms with E-state index in [0.29, 0.717) is 0 Å². The van der Waals surface area contributed by atoms with E-state index in [-0.39, 0.29) is 18.0 Å². The number of nitrogens with one attached hydrogen (secondary N) is 1. The maximum atomic E-state index is 13.6. The highest BCUT2D eigenvalue weighted by Gasteiger charge is 2.18. The van der Waals surface area contributed by atoms with Crippen molar-refractivity contribution in [1.82, 2.24) is 5.43 Å². The van der Waals surface area contributed by atoms with Gasteiger partial charge in [-0.3, -0.25) is 11.3 Å². The molecular formula is C13H13BrF2N2S. The normalized spacial score (nSPS) is 12.7. The summed E-state index contributed by atoms with van der Waals surface area (Å²) in [4.78, 5) is 0.939. The van der Waals surface area contributed by atoms with Gasteiger partial charge in [-0.15, -0.1) is 11.3 Å². The lowest BCUT2D eigenvalue weighted by Gasteiger charge is -2.15. The minimum atomic E-state index is -0.549. The summed E-state index contributed by atoms with van der Waals surface area (Å²) in [6.07, 6.45) is 0.168. The summed E-state index contributed by atoms with van der Waals surface area (Å²) in [5.74, 6) is 4.41. The van der Waals surface area contributed by atoms with Crippen molar-refractivity contribution in [2.75, 3.05) is 0 Å². The van der Waals surface area contributed by atoms with Crippen LogP contribution in [0.5, 0.6) is 0 Å². The van der Waals surface area contributed by atoms with Gasteiger partial charge in [0.05, 0.1) is 9.83 Å². The van der Waals surface area contributed by atoms with Gasteiger partial charge in [-0.1, -0.05) is 6.07 Å². The average molecular weight is 347 g/mol. The molecule has 1 heterocycles. The molecule has 0 spiro atoms. The Morgan fingerprint density at radius 1 is 1.37 bits per heavy atom. The first-order chi connectivity index (χ1) is 9.02. The van der Waals surface area contributed by atoms with Crippen LogP contribution < -0.4 is 11.3 Å². The third-order valence-corrected chi connectivity index (χ3v) is 5.14. The van der Waals surface area contributed by atoms with Crippen LogP contribution in [0.1, 0.15) is 22.0 Å². The highest BCUT2D eigenvalue weighted by Crippen LogP contribution is 2.33. The van der Waals surface area contributed by atoms with Crippen LogP contribution in [-0.2, 0) is 6.42 Å². The number of thiophene rings is 1. The minimum absolute atomic E-state index is 0.0487. The van der Waals surface area contributed by atoms with Gasteiger partial charge in [-0.05, 0) is 53.0 Å². The van der Waals surface area contributed by atoms with Crippen molar-refractivity contribution in [1.29, 1.82) is 0 Å². The summed E-state index contributed by atoms with van der Waals surface area (Å²) in [6, 6.07) is 5.49. The third kappa shape index (κ3) is 3.20. The number of rotatable bonds is 4. The van der Waals surface area contributed by atoms with Crippen LogP contribution in [0.3, 0.4) is 0 Å². The Labute approximate surface area is 122 Å². The summed E-state index contributed by atoms with van der Waals surface area (Å²) in [7, 11) is 0. The first kappa shape index (κ1) is 14.6. The largest absolute Gasteiger partial charge is 0.271 e. The van der Waals surface area contributed by atoms with Crippen molar-refractivity contribution >= 4 is 27.3 Å². The molecule has 0 amide bonds. The van der Waals surface area contributed by atoms with Crippen molar-refractivity contribution in [2.24, 2.45) is 5.84 Å². The topological polar surface area (TPSA) is 38.0 Å². The van der Waals surface area contributed by atoms with E-state index in [1.165, 1.54) is 29.5 Å². The van der Waals surface area contributed by atoms with Crippen molar-refractivity contribution in [3.8, 4) is 0 Å². The highest BCUT2D eigenvalue weighted by molar-refractivity contribution is 9.11. The number of halogens is 3. The molecule has 1 atom stereocenters. The van der Waals surface area contributed by atoms with Crippen molar-refractivity contribution in [3.05, 3.63) is 55.7 Å². The van der Waals surface area contributed by atoms with Crippen LogP contribution in [0.25, 0.3) is 0 Å². The summed E-state index contributed by atoms with van der Waals surface area (Å²) in [6.45, 7) is 1.96. The number of hydrazine groups is 1. The molecular weight excluding hydrogens is 334 g/mol. The van der Waals surface area contributed by atoms with Crippen LogP contribution in [0.4, 0.5) is 8.78 Å². The number of hydrogen-bond donors (Lipinski definition) is 2. The Morgan fingerprint density at radius 2 is 2.00 bits per heavy atom. The molecule has 2 nitrogen and oxygen atoms in total. The molecule has 6 heteroatoms. The summed E-state index contributed by atoms with van der Waals surface area (Å²) in [5.41, 5.74) is 3.74. The van der Waals surface area contributed by atoms with E-state index in [2.05, 4.69) is 21.4 Å². The zero-order valence-corrected chi connectivity index (χ0v) is 12.6. The zero-order chi connectivity index (χ0) is 14.0. The third-order valence-electron chi connectivity index (χ3n) is 2.89. The van der Waals surface area contributed by atoms with Gasteiger partial charge in [-0.25, -0.2) is 8.78 Å². The summed E-state index contributed by atoms with van der Waals surface area (Å²) < 4.78 is 28.3. The standard InChI is InChI=1S/C13H13BrF2N2S/c1-7-5-12(19-13(7)14)11(18-17)6-8-9(15)3-2-4-10(8)16/h2-5,11,18H,6,17H2,1H3. The van der Waals surface area contributed by atoms with E-state index in [0.717, 1.165) is 14.2 Å². The second-order valence-electron chi connectivity index (χ2n) is 4.23. The SMILES string of the molecule is Cc1cc(C(Cc2c(F)cccc2F)NN)sc1Br. The molecule has 0 bridgehead atoms. The van der Waals surface area contributed by atoms with Crippen molar-refractivity contribution in [3.63, 3.8) is 0 Å². The smallest absolute Gasteiger partial charge is 0.129 e. The predicted molar refractivity (Wildman–Crippen MR) is 76.9 cm³/mol. The van der Waals surface area contributed by atoms with E-state index in [1.807, 2.05) is 13.0 Å². The first-order valence-corrected chi connectivity index (χ1v) is 7.28. The van der Waals surface area contributed by atoms with Gasteiger partial charge in [0.25, 0.3) is 0 Å². The fourth-order valence-corrected chi connectivity index (χ4v) is 3.46. The molecule has 3 N–H and O–H groups in total. The summed E-state index contributed by atoms with van der Waals surface area (Å²) >= 11 is 4.94. The second kappa shape index (κ2) is 6.09. The van der Waals surface area contributed by atoms with Gasteiger partial charge >= 0.3 is 0 Å². The summed E-state index contributed by atoms with van der Waals surface area (Å²) in [5, 5.41) is 0. The molecule has 0 saturated carbocycles. The molecule has 0 saturated heterocycles. The molecule has 2 rings (SSSR count). The highest BCUT2D eigenvalue weighted by atomic mass is 79.9. The Hall–Kier alpha value is -0.820. The molecule has 0 fully saturated rings. The van der Waals surface area contributed by atoms with Gasteiger partial charge in [0, 0.05) is 10.4 Å². The molecule has 102 valence electrons. The van der Waals surface area contributed by atoms with E-state index >= 15 is 0 Å². The number of benzene rings is 1. The molecule has 0 aliphatic rings. The van der Waals surface area contributed by atoms with Crippen molar-refractivity contribution in [2.45, 2.75) is 19.4 Å². The van der Waals surface area contributed by atoms with Gasteiger partial charge in [0.2, 0.25) is 0 Å². The molecule has 0 aliphatic carbocycles. The Morgan fingerprint density at radius 3 is 2.47 bits per heavy atom. The number of hydrogen-bond acceptors (Lipinski definition) is 3. The van der Waals surface area contributed by atoms with Crippen LogP contribution >= 0.6 is 27.3 Å². The molecule has 1 aromatic carbocycles. The number of aryl methyl sites for hydroxylation is 1. The maximum Gasteiger partial charge on any atom is 0.129 e. The fraction of sp³-hybridized carbons (Fsp3) is 0.231. The Kier molecular flexibility index (Phi) is 4.67. The van der Waals surface area contributed by atoms with E-state index < -0.39 is 11.6 Å². The number of nitrogens with two attached hydrogens (primary N) is 1. The van der Waals surface area contributed by atoms with Gasteiger partial charge in [0.15, 0.2) is 0 Å². The van der Waals surface area contributed by atoms with Gasteiger partial charge in [0.1, 0.15) is 11.6 Å². The minimum Gasteiger partial charge on any atom is -0.271 e. The van der Waals surface area contributed by atoms with Gasteiger partial charge in [-0.2, -0.15) is 0 Å². The van der Waals surface area contributed by atoms with Crippen LogP contribution in [0.2, 0.25) is 0 Å². The lowest BCUT2D eigenvalue weighted by Crippen LogP contribution is -2.29. The maximum absolute atomic E-state index is 13.6. The van der Waals surface area contributed by atoms with Gasteiger partial charge < -0.3 is 0 Å². The molecule has 1 unspecified atom stereocenters. The fourth-order valence-electron chi connectivity index (χ4n) is 1.83. The van der Waals surface area contributed by atoms with Crippen LogP contribution in [0.15, 0.2) is 28.1 Å². The predicted octanol–water partition coefficient (Wildman–Crippen LogP) is 3.84. The molecule has 19 heavy (non-hydrogen) atoms. The lowest BCUT2D eigenvalue weighted by molar-refractivity contribution is 0.504. The quantitative estimate of drug-likeness (QED) is 0.651.